The van der Waals surface area contributed by atoms with Crippen LogP contribution in [0.15, 0.2) is 0 Å². The average Bonchev–Trinajstić information content (AvgIpc) is 2.38. The highest BCUT2D eigenvalue weighted by Crippen LogP contribution is 2.33. The summed E-state index contributed by atoms with van der Waals surface area (Å²) in [5.41, 5.74) is -1.88. The molecule has 0 aromatic rings. The molecule has 0 unspecified atom stereocenters. The molecule has 19 heavy (non-hydrogen) atoms. The summed E-state index contributed by atoms with van der Waals surface area (Å²) in [5.74, 6) is -0.294. The molecular weight excluding hydrogens is 242 g/mol. The summed E-state index contributed by atoms with van der Waals surface area (Å²) in [4.78, 5) is 28.1. The predicted molar refractivity (Wildman–Crippen MR) is 72.1 cm³/mol. The molecule has 1 saturated heterocycles. The van der Waals surface area contributed by atoms with Gasteiger partial charge in [-0.15, -0.1) is 0 Å². The fourth-order valence-electron chi connectivity index (χ4n) is 2.59. The molecule has 0 aromatic carbocycles. The Hall–Kier alpha value is -1.57. The molecule has 5 heteroatoms. The van der Waals surface area contributed by atoms with Crippen LogP contribution in [0.25, 0.3) is 0 Å². The van der Waals surface area contributed by atoms with Crippen molar-refractivity contribution < 1.29 is 9.59 Å². The zero-order valence-electron chi connectivity index (χ0n) is 12.5. The number of rotatable bonds is 3. The van der Waals surface area contributed by atoms with Crippen molar-refractivity contribution in [2.75, 3.05) is 20.1 Å². The van der Waals surface area contributed by atoms with E-state index in [1.807, 2.05) is 13.8 Å². The van der Waals surface area contributed by atoms with Crippen molar-refractivity contribution in [2.45, 2.75) is 46.1 Å². The molecule has 1 fully saturated rings. The van der Waals surface area contributed by atoms with Gasteiger partial charge in [0.2, 0.25) is 11.8 Å². The molecule has 0 aromatic heterocycles. The van der Waals surface area contributed by atoms with E-state index in [9.17, 15) is 14.9 Å². The Morgan fingerprint density at radius 1 is 1.37 bits per heavy atom. The summed E-state index contributed by atoms with van der Waals surface area (Å²) in [6.07, 6.45) is 0.935. The van der Waals surface area contributed by atoms with Crippen molar-refractivity contribution in [3.63, 3.8) is 0 Å². The Balaban J connectivity index is 3.13. The van der Waals surface area contributed by atoms with Crippen molar-refractivity contribution in [3.05, 3.63) is 0 Å². The molecular formula is C14H23N3O2. The van der Waals surface area contributed by atoms with Crippen LogP contribution >= 0.6 is 0 Å². The van der Waals surface area contributed by atoms with Crippen LogP contribution in [-0.2, 0) is 9.59 Å². The van der Waals surface area contributed by atoms with Gasteiger partial charge in [-0.05, 0) is 26.7 Å². The molecule has 0 saturated carbocycles. The number of carbonyl (C=O) groups excluding carboxylic acids is 2. The third kappa shape index (κ3) is 2.32. The van der Waals surface area contributed by atoms with Crippen LogP contribution in [0.2, 0.25) is 0 Å². The lowest BCUT2D eigenvalue weighted by Gasteiger charge is -2.47. The second-order valence-corrected chi connectivity index (χ2v) is 5.64. The summed E-state index contributed by atoms with van der Waals surface area (Å²) in [5, 5.41) is 9.37. The lowest BCUT2D eigenvalue weighted by atomic mass is 9.80. The van der Waals surface area contributed by atoms with Crippen molar-refractivity contribution in [1.82, 2.24) is 9.80 Å². The molecule has 2 amide bonds. The first-order valence-electron chi connectivity index (χ1n) is 6.75. The number of piperazine rings is 1. The first-order chi connectivity index (χ1) is 8.76. The molecule has 5 nitrogen and oxygen atoms in total. The molecule has 1 heterocycles. The minimum Gasteiger partial charge on any atom is -0.342 e. The fraction of sp³-hybridized carbons (Fsp3) is 0.786. The molecule has 0 N–H and O–H groups in total. The van der Waals surface area contributed by atoms with E-state index in [1.54, 1.807) is 30.7 Å². The minimum absolute atomic E-state index is 0.0776. The Morgan fingerprint density at radius 3 is 2.32 bits per heavy atom. The number of hydrogen-bond donors (Lipinski definition) is 0. The fourth-order valence-corrected chi connectivity index (χ4v) is 2.59. The second-order valence-electron chi connectivity index (χ2n) is 5.64. The molecule has 0 spiro atoms. The zero-order chi connectivity index (χ0) is 14.8. The first-order valence-corrected chi connectivity index (χ1v) is 6.75. The maximum absolute atomic E-state index is 12.7. The van der Waals surface area contributed by atoms with Crippen LogP contribution in [0.1, 0.15) is 40.5 Å². The summed E-state index contributed by atoms with van der Waals surface area (Å²) < 4.78 is 0. The Morgan fingerprint density at radius 2 is 1.89 bits per heavy atom. The van der Waals surface area contributed by atoms with Crippen LogP contribution in [-0.4, -0.2) is 47.3 Å². The highest BCUT2D eigenvalue weighted by atomic mass is 16.2. The predicted octanol–water partition coefficient (Wildman–Crippen LogP) is 1.40. The maximum atomic E-state index is 12.7. The van der Waals surface area contributed by atoms with Gasteiger partial charge in [0.15, 0.2) is 0 Å². The van der Waals surface area contributed by atoms with Crippen LogP contribution in [0.4, 0.5) is 0 Å². The SMILES string of the molecule is CCC(C#N)(CC)C(=O)N1CCN(C)C(=O)C1(C)C. The van der Waals surface area contributed by atoms with Gasteiger partial charge >= 0.3 is 0 Å². The topological polar surface area (TPSA) is 64.4 Å². The average molecular weight is 265 g/mol. The van der Waals surface area contributed by atoms with Gasteiger partial charge in [0.1, 0.15) is 11.0 Å². The molecule has 1 aliphatic heterocycles. The van der Waals surface area contributed by atoms with Gasteiger partial charge in [-0.1, -0.05) is 13.8 Å². The summed E-state index contributed by atoms with van der Waals surface area (Å²) in [6, 6.07) is 2.16. The standard InChI is InChI=1S/C14H23N3O2/c1-6-14(7-2,10-15)12(19)17-9-8-16(5)11(18)13(17,3)4/h6-9H2,1-5H3. The largest absolute Gasteiger partial charge is 0.342 e. The number of nitriles is 1. The number of hydrogen-bond acceptors (Lipinski definition) is 3. The lowest BCUT2D eigenvalue weighted by molar-refractivity contribution is -0.161. The van der Waals surface area contributed by atoms with E-state index in [0.29, 0.717) is 25.9 Å². The third-order valence-electron chi connectivity index (χ3n) is 4.28. The number of carbonyl (C=O) groups is 2. The van der Waals surface area contributed by atoms with Crippen molar-refractivity contribution in [1.29, 1.82) is 5.26 Å². The summed E-state index contributed by atoms with van der Waals surface area (Å²) in [7, 11) is 1.74. The minimum atomic E-state index is -1.01. The molecule has 106 valence electrons. The smallest absolute Gasteiger partial charge is 0.247 e. The van der Waals surface area contributed by atoms with Crippen molar-refractivity contribution in [2.24, 2.45) is 5.41 Å². The van der Waals surface area contributed by atoms with E-state index < -0.39 is 11.0 Å². The normalized spacial score (nSPS) is 19.3. The van der Waals surface area contributed by atoms with Gasteiger partial charge in [-0.3, -0.25) is 9.59 Å². The van der Waals surface area contributed by atoms with Crippen LogP contribution in [0.3, 0.4) is 0 Å². The van der Waals surface area contributed by atoms with Crippen LogP contribution < -0.4 is 0 Å². The van der Waals surface area contributed by atoms with Crippen LogP contribution in [0, 0.1) is 16.7 Å². The first kappa shape index (κ1) is 15.5. The van der Waals surface area contributed by atoms with Gasteiger partial charge in [0.25, 0.3) is 0 Å². The quantitative estimate of drug-likeness (QED) is 0.774. The van der Waals surface area contributed by atoms with Crippen LogP contribution in [0.5, 0.6) is 0 Å². The second kappa shape index (κ2) is 5.20. The zero-order valence-corrected chi connectivity index (χ0v) is 12.5. The highest BCUT2D eigenvalue weighted by molar-refractivity contribution is 5.94. The van der Waals surface area contributed by atoms with E-state index >= 15 is 0 Å². The van der Waals surface area contributed by atoms with Gasteiger partial charge in [-0.25, -0.2) is 0 Å². The van der Waals surface area contributed by atoms with E-state index in [1.165, 1.54) is 0 Å². The number of likely N-dealkylation sites (N-methyl/N-ethyl adjacent to an activating group) is 1. The number of amides is 2. The molecule has 0 radical (unpaired) electrons. The third-order valence-corrected chi connectivity index (χ3v) is 4.28. The van der Waals surface area contributed by atoms with Gasteiger partial charge < -0.3 is 9.80 Å². The maximum Gasteiger partial charge on any atom is 0.247 e. The Bertz CT molecular complexity index is 419. The van der Waals surface area contributed by atoms with E-state index in [4.69, 9.17) is 0 Å². The van der Waals surface area contributed by atoms with Crippen molar-refractivity contribution >= 4 is 11.8 Å². The molecule has 0 atom stereocenters. The summed E-state index contributed by atoms with van der Waals surface area (Å²) in [6.45, 7) is 8.18. The monoisotopic (exact) mass is 265 g/mol. The summed E-state index contributed by atoms with van der Waals surface area (Å²) >= 11 is 0. The molecule has 0 aliphatic carbocycles. The Kier molecular flexibility index (Phi) is 4.24. The van der Waals surface area contributed by atoms with Gasteiger partial charge in [0, 0.05) is 20.1 Å². The van der Waals surface area contributed by atoms with E-state index in [2.05, 4.69) is 6.07 Å². The van der Waals surface area contributed by atoms with E-state index in [-0.39, 0.29) is 11.8 Å². The Labute approximate surface area is 115 Å². The molecule has 1 aliphatic rings. The van der Waals surface area contributed by atoms with Crippen molar-refractivity contribution in [3.8, 4) is 6.07 Å². The highest BCUT2D eigenvalue weighted by Gasteiger charge is 2.48. The lowest BCUT2D eigenvalue weighted by Crippen LogP contribution is -2.65. The molecule has 1 rings (SSSR count). The van der Waals surface area contributed by atoms with Gasteiger partial charge in [0.05, 0.1) is 6.07 Å². The number of nitrogens with zero attached hydrogens (tertiary/aromatic N) is 3. The molecule has 0 bridgehead atoms. The van der Waals surface area contributed by atoms with Gasteiger partial charge in [-0.2, -0.15) is 5.26 Å². The van der Waals surface area contributed by atoms with E-state index in [0.717, 1.165) is 0 Å².